The molecule has 1 aromatic heterocycles. The van der Waals surface area contributed by atoms with Crippen molar-refractivity contribution in [3.8, 4) is 22.9 Å². The van der Waals surface area contributed by atoms with Crippen molar-refractivity contribution in [2.24, 2.45) is 0 Å². The fraction of sp³-hybridized carbons (Fsp3) is 0.211. The minimum absolute atomic E-state index is 0.00528. The van der Waals surface area contributed by atoms with Crippen LogP contribution in [0.2, 0.25) is 0 Å². The number of nitrogens with zero attached hydrogens (tertiary/aromatic N) is 1. The zero-order chi connectivity index (χ0) is 18.8. The molecule has 3 aromatic rings. The van der Waals surface area contributed by atoms with E-state index in [1.54, 1.807) is 18.2 Å². The van der Waals surface area contributed by atoms with Crippen LogP contribution in [0.1, 0.15) is 24.2 Å². The van der Waals surface area contributed by atoms with Crippen molar-refractivity contribution >= 4 is 16.9 Å². The standard InChI is InChI=1S/C19H18N2O5/c1-10(2)26-12-5-7-16(25-3)14(9-12)17-20-15-6-4-11(19(23)24)8-13(15)18(22)21-17/h4-10H,1-3H3,(H,23,24)(H,20,21,22). The quantitative estimate of drug-likeness (QED) is 0.730. The molecule has 0 aliphatic carbocycles. The van der Waals surface area contributed by atoms with Crippen molar-refractivity contribution in [1.29, 1.82) is 0 Å². The highest BCUT2D eigenvalue weighted by Crippen LogP contribution is 2.32. The van der Waals surface area contributed by atoms with E-state index in [1.807, 2.05) is 13.8 Å². The normalized spacial score (nSPS) is 10.9. The van der Waals surface area contributed by atoms with E-state index in [1.165, 1.54) is 25.3 Å². The van der Waals surface area contributed by atoms with Gasteiger partial charge < -0.3 is 19.6 Å². The highest BCUT2D eigenvalue weighted by atomic mass is 16.5. The molecule has 0 radical (unpaired) electrons. The van der Waals surface area contributed by atoms with E-state index in [-0.39, 0.29) is 17.1 Å². The van der Waals surface area contributed by atoms with Crippen LogP contribution in [-0.4, -0.2) is 34.3 Å². The SMILES string of the molecule is COc1ccc(OC(C)C)cc1-c1nc2ccc(C(=O)O)cc2c(=O)[nH]1. The first-order chi connectivity index (χ1) is 12.4. The van der Waals surface area contributed by atoms with E-state index in [2.05, 4.69) is 9.97 Å². The second-order valence-corrected chi connectivity index (χ2v) is 5.98. The number of hydrogen-bond donors (Lipinski definition) is 2. The molecule has 0 spiro atoms. The molecule has 7 heteroatoms. The van der Waals surface area contributed by atoms with Crippen molar-refractivity contribution in [3.05, 3.63) is 52.3 Å². The summed E-state index contributed by atoms with van der Waals surface area (Å²) in [5.74, 6) is 0.373. The highest BCUT2D eigenvalue weighted by Gasteiger charge is 2.14. The largest absolute Gasteiger partial charge is 0.496 e. The van der Waals surface area contributed by atoms with Gasteiger partial charge in [-0.05, 0) is 50.2 Å². The third-order valence-electron chi connectivity index (χ3n) is 3.75. The second kappa shape index (κ2) is 6.87. The van der Waals surface area contributed by atoms with Crippen LogP contribution in [0.5, 0.6) is 11.5 Å². The monoisotopic (exact) mass is 354 g/mol. The summed E-state index contributed by atoms with van der Waals surface area (Å²) in [6, 6.07) is 9.50. The summed E-state index contributed by atoms with van der Waals surface area (Å²) in [6.07, 6.45) is -0.00528. The van der Waals surface area contributed by atoms with Crippen LogP contribution in [-0.2, 0) is 0 Å². The molecule has 0 saturated heterocycles. The molecule has 0 bridgehead atoms. The summed E-state index contributed by atoms with van der Waals surface area (Å²) in [7, 11) is 1.53. The Kier molecular flexibility index (Phi) is 4.62. The first-order valence-electron chi connectivity index (χ1n) is 8.01. The number of H-pyrrole nitrogens is 1. The van der Waals surface area contributed by atoms with Crippen LogP contribution in [0.3, 0.4) is 0 Å². The Morgan fingerprint density at radius 3 is 2.62 bits per heavy atom. The molecule has 0 fully saturated rings. The lowest BCUT2D eigenvalue weighted by molar-refractivity contribution is 0.0697. The first kappa shape index (κ1) is 17.5. The summed E-state index contributed by atoms with van der Waals surface area (Å²) < 4.78 is 11.1. The molecule has 2 N–H and O–H groups in total. The number of hydrogen-bond acceptors (Lipinski definition) is 5. The van der Waals surface area contributed by atoms with Crippen LogP contribution in [0.25, 0.3) is 22.3 Å². The van der Waals surface area contributed by atoms with Gasteiger partial charge in [0.2, 0.25) is 0 Å². The number of aromatic carboxylic acids is 1. The zero-order valence-electron chi connectivity index (χ0n) is 14.6. The van der Waals surface area contributed by atoms with Crippen LogP contribution < -0.4 is 15.0 Å². The van der Waals surface area contributed by atoms with Gasteiger partial charge in [0.15, 0.2) is 0 Å². The van der Waals surface area contributed by atoms with Gasteiger partial charge in [-0.25, -0.2) is 9.78 Å². The van der Waals surface area contributed by atoms with Gasteiger partial charge in [0.1, 0.15) is 17.3 Å². The number of aromatic amines is 1. The third-order valence-corrected chi connectivity index (χ3v) is 3.75. The van der Waals surface area contributed by atoms with Gasteiger partial charge in [0, 0.05) is 0 Å². The molecular weight excluding hydrogens is 336 g/mol. The molecule has 2 aromatic carbocycles. The minimum Gasteiger partial charge on any atom is -0.496 e. The summed E-state index contributed by atoms with van der Waals surface area (Å²) in [5.41, 5.74) is 0.575. The molecule has 7 nitrogen and oxygen atoms in total. The number of carbonyl (C=O) groups is 1. The summed E-state index contributed by atoms with van der Waals surface area (Å²) in [6.45, 7) is 3.83. The molecule has 0 atom stereocenters. The molecule has 0 aliphatic rings. The highest BCUT2D eigenvalue weighted by molar-refractivity contribution is 5.93. The van der Waals surface area contributed by atoms with Crippen molar-refractivity contribution in [2.75, 3.05) is 7.11 Å². The van der Waals surface area contributed by atoms with Crippen molar-refractivity contribution in [2.45, 2.75) is 20.0 Å². The van der Waals surface area contributed by atoms with E-state index in [9.17, 15) is 9.59 Å². The second-order valence-electron chi connectivity index (χ2n) is 5.98. The van der Waals surface area contributed by atoms with E-state index in [4.69, 9.17) is 14.6 Å². The minimum atomic E-state index is -1.10. The Hall–Kier alpha value is -3.35. The lowest BCUT2D eigenvalue weighted by Gasteiger charge is -2.13. The Bertz CT molecular complexity index is 1040. The fourth-order valence-corrected chi connectivity index (χ4v) is 2.62. The average Bonchev–Trinajstić information content (AvgIpc) is 2.60. The molecule has 3 rings (SSSR count). The Labute approximate surface area is 149 Å². The number of aromatic nitrogens is 2. The Morgan fingerprint density at radius 1 is 1.19 bits per heavy atom. The zero-order valence-corrected chi connectivity index (χ0v) is 14.6. The number of nitrogens with one attached hydrogen (secondary N) is 1. The van der Waals surface area contributed by atoms with E-state index >= 15 is 0 Å². The maximum absolute atomic E-state index is 12.4. The van der Waals surface area contributed by atoms with Crippen LogP contribution >= 0.6 is 0 Å². The summed E-state index contributed by atoms with van der Waals surface area (Å²) >= 11 is 0. The van der Waals surface area contributed by atoms with Gasteiger partial charge in [-0.1, -0.05) is 0 Å². The van der Waals surface area contributed by atoms with Gasteiger partial charge in [-0.3, -0.25) is 4.79 Å². The van der Waals surface area contributed by atoms with Crippen LogP contribution in [0, 0.1) is 0 Å². The molecule has 0 saturated carbocycles. The third kappa shape index (κ3) is 3.37. The maximum Gasteiger partial charge on any atom is 0.335 e. The molecular formula is C19H18N2O5. The Morgan fingerprint density at radius 2 is 1.96 bits per heavy atom. The van der Waals surface area contributed by atoms with Gasteiger partial charge in [-0.2, -0.15) is 0 Å². The molecule has 0 aliphatic heterocycles. The number of ether oxygens (including phenoxy) is 2. The van der Waals surface area contributed by atoms with E-state index in [0.717, 1.165) is 0 Å². The summed E-state index contributed by atoms with van der Waals surface area (Å²) in [5, 5.41) is 9.29. The molecule has 26 heavy (non-hydrogen) atoms. The number of carboxylic acids is 1. The van der Waals surface area contributed by atoms with Crippen molar-refractivity contribution in [1.82, 2.24) is 9.97 Å². The molecule has 0 amide bonds. The molecule has 1 heterocycles. The lowest BCUT2D eigenvalue weighted by atomic mass is 10.1. The number of methoxy groups -OCH3 is 1. The van der Waals surface area contributed by atoms with Crippen LogP contribution in [0.15, 0.2) is 41.2 Å². The van der Waals surface area contributed by atoms with E-state index < -0.39 is 11.5 Å². The van der Waals surface area contributed by atoms with E-state index in [0.29, 0.717) is 28.4 Å². The van der Waals surface area contributed by atoms with Crippen molar-refractivity contribution < 1.29 is 19.4 Å². The predicted molar refractivity (Wildman–Crippen MR) is 97.1 cm³/mol. The molecule has 0 unspecified atom stereocenters. The van der Waals surface area contributed by atoms with Crippen LogP contribution in [0.4, 0.5) is 0 Å². The van der Waals surface area contributed by atoms with Gasteiger partial charge >= 0.3 is 5.97 Å². The number of benzene rings is 2. The van der Waals surface area contributed by atoms with Crippen molar-refractivity contribution in [3.63, 3.8) is 0 Å². The number of rotatable bonds is 5. The topological polar surface area (TPSA) is 102 Å². The fourth-order valence-electron chi connectivity index (χ4n) is 2.62. The number of carboxylic acid groups (broad SMARTS) is 1. The average molecular weight is 354 g/mol. The Balaban J connectivity index is 2.17. The maximum atomic E-state index is 12.4. The lowest BCUT2D eigenvalue weighted by Crippen LogP contribution is -2.11. The van der Waals surface area contributed by atoms with Gasteiger partial charge in [-0.15, -0.1) is 0 Å². The predicted octanol–water partition coefficient (Wildman–Crippen LogP) is 3.08. The first-order valence-corrected chi connectivity index (χ1v) is 8.01. The smallest absolute Gasteiger partial charge is 0.335 e. The van der Waals surface area contributed by atoms with Gasteiger partial charge in [0.05, 0.1) is 35.2 Å². The number of fused-ring (bicyclic) bond motifs is 1. The molecule has 134 valence electrons. The summed E-state index contributed by atoms with van der Waals surface area (Å²) in [4.78, 5) is 30.7. The van der Waals surface area contributed by atoms with Gasteiger partial charge in [0.25, 0.3) is 5.56 Å².